The van der Waals surface area contributed by atoms with Crippen molar-refractivity contribution in [3.05, 3.63) is 57.9 Å². The van der Waals surface area contributed by atoms with Gasteiger partial charge in [0, 0.05) is 17.9 Å². The summed E-state index contributed by atoms with van der Waals surface area (Å²) in [6.07, 6.45) is 5.58. The van der Waals surface area contributed by atoms with Crippen molar-refractivity contribution in [1.82, 2.24) is 0 Å². The van der Waals surface area contributed by atoms with Gasteiger partial charge in [-0.15, -0.1) is 11.3 Å². The van der Waals surface area contributed by atoms with Crippen LogP contribution in [0.1, 0.15) is 48.7 Å². The van der Waals surface area contributed by atoms with Crippen molar-refractivity contribution in [3.8, 4) is 21.9 Å². The Morgan fingerprint density at radius 3 is 2.42 bits per heavy atom. The summed E-state index contributed by atoms with van der Waals surface area (Å²) in [5.41, 5.74) is 1.98. The first-order valence-corrected chi connectivity index (χ1v) is 14.7. The third-order valence-corrected chi connectivity index (χ3v) is 8.82. The van der Waals surface area contributed by atoms with E-state index in [1.807, 2.05) is 43.3 Å². The third-order valence-electron chi connectivity index (χ3n) is 6.59. The minimum absolute atomic E-state index is 0.0346. The van der Waals surface area contributed by atoms with Crippen LogP contribution in [-0.2, 0) is 4.79 Å². The summed E-state index contributed by atoms with van der Waals surface area (Å²) >= 11 is 4.39. The summed E-state index contributed by atoms with van der Waals surface area (Å²) in [6.45, 7) is 2.34. The van der Waals surface area contributed by atoms with Gasteiger partial charge in [-0.3, -0.25) is 4.90 Å². The smallest absolute Gasteiger partial charge is 0.349 e. The van der Waals surface area contributed by atoms with E-state index in [0.29, 0.717) is 45.4 Å². The number of thiophene rings is 1. The number of carboxylic acids is 2. The number of urea groups is 1. The lowest BCUT2D eigenvalue weighted by Crippen LogP contribution is -2.39. The van der Waals surface area contributed by atoms with E-state index in [1.54, 1.807) is 17.0 Å². The predicted molar refractivity (Wildman–Crippen MR) is 158 cm³/mol. The number of nitrogens with one attached hydrogen (secondary N) is 1. The molecule has 4 rings (SSSR count). The lowest BCUT2D eigenvalue weighted by molar-refractivity contribution is -0.139. The molecule has 1 aliphatic rings. The molecule has 11 heteroatoms. The van der Waals surface area contributed by atoms with Crippen LogP contribution < -0.4 is 19.7 Å². The topological polar surface area (TPSA) is 125 Å². The number of ether oxygens (including phenoxy) is 2. The lowest BCUT2D eigenvalue weighted by atomic mass is 9.89. The molecule has 0 aliphatic heterocycles. The first kappa shape index (κ1) is 29.4. The Kier molecular flexibility index (Phi) is 10.1. The second-order valence-electron chi connectivity index (χ2n) is 9.44. The number of aliphatic carboxylic acids is 1. The van der Waals surface area contributed by atoms with E-state index in [2.05, 4.69) is 21.2 Å². The van der Waals surface area contributed by atoms with Crippen LogP contribution in [0.15, 0.2) is 53.0 Å². The number of carbonyl (C=O) groups excluding carboxylic acids is 1. The molecule has 2 amide bonds. The van der Waals surface area contributed by atoms with Crippen molar-refractivity contribution in [2.75, 3.05) is 30.0 Å². The second kappa shape index (κ2) is 13.7. The molecule has 9 nitrogen and oxygen atoms in total. The standard InChI is InChI=1S/C29H31BrN2O7S/c1-2-38-22-13-11-20(12-14-22)31-29(37)32(16-18-7-4-3-5-8-18)21-10-6-9-19(15-21)26-24(30)25(39-17-23(33)34)27(40-26)28(35)36/h6,9-15,18H,2-5,7-8,16-17H2,1H3,(H,31,37)(H,33,34)(H,35,36). The maximum absolute atomic E-state index is 13.6. The van der Waals surface area contributed by atoms with Gasteiger partial charge in [0.15, 0.2) is 17.2 Å². The molecule has 0 atom stereocenters. The summed E-state index contributed by atoms with van der Waals surface area (Å²) in [5, 5.41) is 21.7. The van der Waals surface area contributed by atoms with E-state index in [0.717, 1.165) is 42.8 Å². The molecule has 0 bridgehead atoms. The number of hydrogen-bond acceptors (Lipinski definition) is 6. The average Bonchev–Trinajstić information content (AvgIpc) is 3.28. The molecule has 1 aliphatic carbocycles. The fraction of sp³-hybridized carbons (Fsp3) is 0.345. The fourth-order valence-electron chi connectivity index (χ4n) is 4.73. The minimum atomic E-state index is -1.22. The zero-order chi connectivity index (χ0) is 28.6. The Hall–Kier alpha value is -3.57. The number of anilines is 2. The number of benzene rings is 2. The highest BCUT2D eigenvalue weighted by atomic mass is 79.9. The van der Waals surface area contributed by atoms with Gasteiger partial charge in [-0.1, -0.05) is 31.4 Å². The van der Waals surface area contributed by atoms with Crippen LogP contribution in [0.4, 0.5) is 16.2 Å². The van der Waals surface area contributed by atoms with E-state index in [-0.39, 0.29) is 16.7 Å². The molecule has 0 spiro atoms. The van der Waals surface area contributed by atoms with Gasteiger partial charge in [-0.25, -0.2) is 14.4 Å². The molecule has 0 unspecified atom stereocenters. The van der Waals surface area contributed by atoms with Crippen molar-refractivity contribution in [1.29, 1.82) is 0 Å². The largest absolute Gasteiger partial charge is 0.494 e. The molecule has 1 saturated carbocycles. The predicted octanol–water partition coefficient (Wildman–Crippen LogP) is 7.36. The normalized spacial score (nSPS) is 13.4. The van der Waals surface area contributed by atoms with Gasteiger partial charge < -0.3 is 25.0 Å². The van der Waals surface area contributed by atoms with Crippen molar-refractivity contribution in [3.63, 3.8) is 0 Å². The Morgan fingerprint density at radius 1 is 1.05 bits per heavy atom. The van der Waals surface area contributed by atoms with Crippen LogP contribution in [0.3, 0.4) is 0 Å². The highest BCUT2D eigenvalue weighted by molar-refractivity contribution is 9.10. The summed E-state index contributed by atoms with van der Waals surface area (Å²) in [4.78, 5) is 38.7. The van der Waals surface area contributed by atoms with Gasteiger partial charge in [-0.05, 0) is 83.6 Å². The Balaban J connectivity index is 1.65. The van der Waals surface area contributed by atoms with Crippen LogP contribution in [0.25, 0.3) is 10.4 Å². The summed E-state index contributed by atoms with van der Waals surface area (Å²) in [7, 11) is 0. The maximum Gasteiger partial charge on any atom is 0.349 e. The Bertz CT molecular complexity index is 1350. The molecule has 212 valence electrons. The van der Waals surface area contributed by atoms with Gasteiger partial charge >= 0.3 is 18.0 Å². The molecule has 40 heavy (non-hydrogen) atoms. The Morgan fingerprint density at radius 2 is 1.77 bits per heavy atom. The molecule has 1 fully saturated rings. The quantitative estimate of drug-likeness (QED) is 0.202. The fourth-order valence-corrected chi connectivity index (χ4v) is 6.61. The average molecular weight is 632 g/mol. The molecular weight excluding hydrogens is 600 g/mol. The first-order valence-electron chi connectivity index (χ1n) is 13.1. The molecule has 0 saturated heterocycles. The summed E-state index contributed by atoms with van der Waals surface area (Å²) in [5.74, 6) is -1.38. The molecule has 3 N–H and O–H groups in total. The number of carboxylic acid groups (broad SMARTS) is 2. The van der Waals surface area contributed by atoms with E-state index in [1.165, 1.54) is 6.42 Å². The number of aromatic carboxylic acids is 1. The summed E-state index contributed by atoms with van der Waals surface area (Å²) < 4.78 is 11.2. The first-order chi connectivity index (χ1) is 19.3. The van der Waals surface area contributed by atoms with Crippen LogP contribution >= 0.6 is 27.3 Å². The second-order valence-corrected chi connectivity index (χ2v) is 11.3. The van der Waals surface area contributed by atoms with E-state index in [9.17, 15) is 19.5 Å². The van der Waals surface area contributed by atoms with E-state index >= 15 is 0 Å². The molecule has 2 aromatic carbocycles. The van der Waals surface area contributed by atoms with Crippen LogP contribution in [0, 0.1) is 5.92 Å². The highest BCUT2D eigenvalue weighted by Gasteiger charge is 2.26. The molecule has 1 aromatic heterocycles. The van der Waals surface area contributed by atoms with Gasteiger partial charge in [-0.2, -0.15) is 0 Å². The molecule has 3 aromatic rings. The molecular formula is C29H31BrN2O7S. The molecule has 1 heterocycles. The molecule has 0 radical (unpaired) electrons. The lowest BCUT2D eigenvalue weighted by Gasteiger charge is -2.30. The number of nitrogens with zero attached hydrogens (tertiary/aromatic N) is 1. The van der Waals surface area contributed by atoms with Crippen molar-refractivity contribution in [2.24, 2.45) is 5.92 Å². The Labute approximate surface area is 244 Å². The van der Waals surface area contributed by atoms with Gasteiger partial charge in [0.25, 0.3) is 0 Å². The van der Waals surface area contributed by atoms with Crippen molar-refractivity contribution < 1.29 is 34.1 Å². The van der Waals surface area contributed by atoms with Crippen molar-refractivity contribution >= 4 is 56.6 Å². The van der Waals surface area contributed by atoms with E-state index < -0.39 is 18.5 Å². The number of halogens is 1. The SMILES string of the molecule is CCOc1ccc(NC(=O)N(CC2CCCCC2)c2cccc(-c3sc(C(=O)O)c(OCC(=O)O)c3Br)c2)cc1. The minimum Gasteiger partial charge on any atom is -0.494 e. The van der Waals surface area contributed by atoms with Gasteiger partial charge in [0.2, 0.25) is 0 Å². The van der Waals surface area contributed by atoms with Crippen LogP contribution in [-0.4, -0.2) is 47.9 Å². The number of amides is 2. The number of rotatable bonds is 11. The number of carbonyl (C=O) groups is 3. The maximum atomic E-state index is 13.6. The van der Waals surface area contributed by atoms with Crippen LogP contribution in [0.2, 0.25) is 0 Å². The van der Waals surface area contributed by atoms with E-state index in [4.69, 9.17) is 14.6 Å². The highest BCUT2D eigenvalue weighted by Crippen LogP contribution is 2.46. The van der Waals surface area contributed by atoms with Gasteiger partial charge in [0.1, 0.15) is 5.75 Å². The summed E-state index contributed by atoms with van der Waals surface area (Å²) in [6, 6.07) is 14.3. The zero-order valence-electron chi connectivity index (χ0n) is 22.0. The number of hydrogen-bond donors (Lipinski definition) is 3. The zero-order valence-corrected chi connectivity index (χ0v) is 24.4. The monoisotopic (exact) mass is 630 g/mol. The van der Waals surface area contributed by atoms with Crippen LogP contribution in [0.5, 0.6) is 11.5 Å². The van der Waals surface area contributed by atoms with Gasteiger partial charge in [0.05, 0.1) is 16.0 Å². The third kappa shape index (κ3) is 7.33. The van der Waals surface area contributed by atoms with Crippen molar-refractivity contribution in [2.45, 2.75) is 39.0 Å².